The number of rotatable bonds is 5. The van der Waals surface area contributed by atoms with E-state index in [0.717, 1.165) is 24.2 Å². The maximum atomic E-state index is 4.60. The maximum Gasteiger partial charge on any atom is 0.131 e. The molecule has 1 aromatic heterocycles. The van der Waals surface area contributed by atoms with E-state index in [-0.39, 0.29) is 0 Å². The van der Waals surface area contributed by atoms with Gasteiger partial charge in [0.25, 0.3) is 0 Å². The molecule has 2 rings (SSSR count). The van der Waals surface area contributed by atoms with Crippen molar-refractivity contribution in [2.24, 2.45) is 11.8 Å². The van der Waals surface area contributed by atoms with Gasteiger partial charge in [0.05, 0.1) is 0 Å². The van der Waals surface area contributed by atoms with Crippen LogP contribution >= 0.6 is 0 Å². The van der Waals surface area contributed by atoms with Gasteiger partial charge in [0.2, 0.25) is 0 Å². The maximum absolute atomic E-state index is 4.60. The Morgan fingerprint density at radius 1 is 1.05 bits per heavy atom. The molecule has 0 spiro atoms. The van der Waals surface area contributed by atoms with Gasteiger partial charge in [-0.05, 0) is 37.5 Å². The summed E-state index contributed by atoms with van der Waals surface area (Å²) in [6, 6.07) is 0.501. The van der Waals surface area contributed by atoms with Gasteiger partial charge in [-0.1, -0.05) is 27.7 Å². The molecule has 0 unspecified atom stereocenters. The lowest BCUT2D eigenvalue weighted by Crippen LogP contribution is -2.22. The summed E-state index contributed by atoms with van der Waals surface area (Å²) in [5, 5.41) is 3.40. The molecule has 20 heavy (non-hydrogen) atoms. The molecule has 112 valence electrons. The zero-order valence-corrected chi connectivity index (χ0v) is 13.4. The Morgan fingerprint density at radius 2 is 1.65 bits per heavy atom. The van der Waals surface area contributed by atoms with Crippen molar-refractivity contribution < 1.29 is 0 Å². The summed E-state index contributed by atoms with van der Waals surface area (Å²) >= 11 is 0. The second-order valence-corrected chi connectivity index (χ2v) is 6.84. The van der Waals surface area contributed by atoms with Crippen molar-refractivity contribution >= 4 is 0 Å². The minimum atomic E-state index is 0.501. The molecular weight excluding hydrogens is 246 g/mol. The smallest absolute Gasteiger partial charge is 0.131 e. The van der Waals surface area contributed by atoms with E-state index in [1.807, 2.05) is 12.4 Å². The Hall–Kier alpha value is -0.960. The zero-order chi connectivity index (χ0) is 14.5. The highest BCUT2D eigenvalue weighted by Crippen LogP contribution is 2.37. The molecule has 3 heteroatoms. The van der Waals surface area contributed by atoms with Crippen LogP contribution in [0.2, 0.25) is 0 Å². The number of nitrogens with zero attached hydrogens (tertiary/aromatic N) is 2. The van der Waals surface area contributed by atoms with E-state index in [9.17, 15) is 0 Å². The van der Waals surface area contributed by atoms with Crippen LogP contribution in [-0.2, 0) is 6.54 Å². The van der Waals surface area contributed by atoms with Gasteiger partial charge < -0.3 is 5.32 Å². The van der Waals surface area contributed by atoms with E-state index in [1.165, 1.54) is 31.2 Å². The fourth-order valence-electron chi connectivity index (χ4n) is 3.03. The molecule has 1 heterocycles. The molecule has 1 aliphatic rings. The fraction of sp³-hybridized carbons (Fsp3) is 0.765. The summed E-state index contributed by atoms with van der Waals surface area (Å²) in [5.41, 5.74) is 1.18. The average molecular weight is 275 g/mol. The second-order valence-electron chi connectivity index (χ2n) is 6.84. The van der Waals surface area contributed by atoms with Gasteiger partial charge in [-0.2, -0.15) is 0 Å². The van der Waals surface area contributed by atoms with Crippen LogP contribution in [0.5, 0.6) is 0 Å². The highest BCUT2D eigenvalue weighted by molar-refractivity contribution is 5.08. The predicted octanol–water partition coefficient (Wildman–Crippen LogP) is 3.90. The van der Waals surface area contributed by atoms with Crippen LogP contribution in [-0.4, -0.2) is 16.0 Å². The third kappa shape index (κ3) is 4.27. The molecule has 0 bridgehead atoms. The molecule has 1 fully saturated rings. The molecule has 1 N–H and O–H groups in total. The first-order chi connectivity index (χ1) is 9.56. The van der Waals surface area contributed by atoms with Crippen molar-refractivity contribution in [2.45, 2.75) is 71.9 Å². The summed E-state index contributed by atoms with van der Waals surface area (Å²) in [5.74, 6) is 3.36. The zero-order valence-electron chi connectivity index (χ0n) is 13.4. The summed E-state index contributed by atoms with van der Waals surface area (Å²) in [4.78, 5) is 9.20. The van der Waals surface area contributed by atoms with Crippen molar-refractivity contribution in [3.63, 3.8) is 0 Å². The highest BCUT2D eigenvalue weighted by atomic mass is 14.9. The summed E-state index contributed by atoms with van der Waals surface area (Å²) in [6.45, 7) is 9.86. The van der Waals surface area contributed by atoms with Crippen LogP contribution in [0.3, 0.4) is 0 Å². The predicted molar refractivity (Wildman–Crippen MR) is 83.5 cm³/mol. The van der Waals surface area contributed by atoms with E-state index >= 15 is 0 Å². The molecule has 0 amide bonds. The summed E-state index contributed by atoms with van der Waals surface area (Å²) < 4.78 is 0. The largest absolute Gasteiger partial charge is 0.310 e. The fourth-order valence-corrected chi connectivity index (χ4v) is 3.03. The second kappa shape index (κ2) is 7.16. The molecule has 0 aliphatic heterocycles. The number of nitrogens with one attached hydrogen (secondary N) is 1. The molecule has 1 saturated carbocycles. The van der Waals surface area contributed by atoms with Gasteiger partial charge in [0.15, 0.2) is 0 Å². The van der Waals surface area contributed by atoms with Crippen LogP contribution in [0.1, 0.15) is 70.7 Å². The van der Waals surface area contributed by atoms with E-state index in [0.29, 0.717) is 12.0 Å². The number of hydrogen-bond donors (Lipinski definition) is 1. The first-order valence-corrected chi connectivity index (χ1v) is 8.10. The number of hydrogen-bond acceptors (Lipinski definition) is 3. The van der Waals surface area contributed by atoms with Crippen molar-refractivity contribution in [3.05, 3.63) is 23.8 Å². The van der Waals surface area contributed by atoms with Gasteiger partial charge in [0, 0.05) is 36.5 Å². The first-order valence-electron chi connectivity index (χ1n) is 8.10. The van der Waals surface area contributed by atoms with Gasteiger partial charge in [0.1, 0.15) is 5.82 Å². The molecule has 0 aromatic carbocycles. The van der Waals surface area contributed by atoms with Crippen molar-refractivity contribution in [3.8, 4) is 0 Å². The minimum absolute atomic E-state index is 0.501. The summed E-state index contributed by atoms with van der Waals surface area (Å²) in [6.07, 6.45) is 9.17. The van der Waals surface area contributed by atoms with Crippen LogP contribution in [0.15, 0.2) is 12.4 Å². The molecule has 3 nitrogen and oxygen atoms in total. The first kappa shape index (κ1) is 15.4. The van der Waals surface area contributed by atoms with E-state index < -0.39 is 0 Å². The SMILES string of the molecule is CC(C)NCc1cnc(C2CCC(C(C)C)CC2)nc1. The average Bonchev–Trinajstić information content (AvgIpc) is 2.46. The third-order valence-electron chi connectivity index (χ3n) is 4.52. The minimum Gasteiger partial charge on any atom is -0.310 e. The molecular formula is C17H29N3. The van der Waals surface area contributed by atoms with Crippen LogP contribution in [0.25, 0.3) is 0 Å². The Bertz CT molecular complexity index is 389. The van der Waals surface area contributed by atoms with Gasteiger partial charge >= 0.3 is 0 Å². The quantitative estimate of drug-likeness (QED) is 0.885. The summed E-state index contributed by atoms with van der Waals surface area (Å²) in [7, 11) is 0. The highest BCUT2D eigenvalue weighted by Gasteiger charge is 2.25. The third-order valence-corrected chi connectivity index (χ3v) is 4.52. The van der Waals surface area contributed by atoms with E-state index in [1.54, 1.807) is 0 Å². The van der Waals surface area contributed by atoms with Gasteiger partial charge in [-0.25, -0.2) is 9.97 Å². The molecule has 0 atom stereocenters. The van der Waals surface area contributed by atoms with Gasteiger partial charge in [-0.15, -0.1) is 0 Å². The van der Waals surface area contributed by atoms with Crippen molar-refractivity contribution in [2.75, 3.05) is 0 Å². The molecule has 1 aromatic rings. The Morgan fingerprint density at radius 3 is 2.15 bits per heavy atom. The van der Waals surface area contributed by atoms with Crippen molar-refractivity contribution in [1.29, 1.82) is 0 Å². The molecule has 0 radical (unpaired) electrons. The Kier molecular flexibility index (Phi) is 5.53. The number of aromatic nitrogens is 2. The van der Waals surface area contributed by atoms with Crippen LogP contribution in [0.4, 0.5) is 0 Å². The van der Waals surface area contributed by atoms with Gasteiger partial charge in [-0.3, -0.25) is 0 Å². The Labute approximate surface area is 123 Å². The Balaban J connectivity index is 1.87. The molecule has 1 aliphatic carbocycles. The lowest BCUT2D eigenvalue weighted by atomic mass is 9.77. The lowest BCUT2D eigenvalue weighted by Gasteiger charge is -2.30. The molecule has 0 saturated heterocycles. The monoisotopic (exact) mass is 275 g/mol. The van der Waals surface area contributed by atoms with Crippen LogP contribution < -0.4 is 5.32 Å². The topological polar surface area (TPSA) is 37.8 Å². The lowest BCUT2D eigenvalue weighted by molar-refractivity contribution is 0.254. The van der Waals surface area contributed by atoms with E-state index in [4.69, 9.17) is 0 Å². The standard InChI is InChI=1S/C17H29N3/c1-12(2)15-5-7-16(8-6-15)17-19-10-14(11-20-17)9-18-13(3)4/h10-13,15-16,18H,5-9H2,1-4H3. The van der Waals surface area contributed by atoms with Crippen molar-refractivity contribution in [1.82, 2.24) is 15.3 Å². The van der Waals surface area contributed by atoms with E-state index in [2.05, 4.69) is 43.0 Å². The normalized spacial score (nSPS) is 23.5. The van der Waals surface area contributed by atoms with Crippen LogP contribution in [0, 0.1) is 11.8 Å².